The predicted molar refractivity (Wildman–Crippen MR) is 89.0 cm³/mol. The highest BCUT2D eigenvalue weighted by Crippen LogP contribution is 2.34. The molecule has 1 aliphatic heterocycles. The fourth-order valence-electron chi connectivity index (χ4n) is 2.47. The average Bonchev–Trinajstić information content (AvgIpc) is 2.96. The quantitative estimate of drug-likeness (QED) is 0.634. The van der Waals surface area contributed by atoms with Crippen molar-refractivity contribution in [1.82, 2.24) is 0 Å². The van der Waals surface area contributed by atoms with Crippen LogP contribution in [0.25, 0.3) is 11.1 Å². The minimum atomic E-state index is -0.269. The van der Waals surface area contributed by atoms with E-state index < -0.39 is 0 Å². The van der Waals surface area contributed by atoms with E-state index in [1.807, 2.05) is 42.7 Å². The molecule has 22 heavy (non-hydrogen) atoms. The summed E-state index contributed by atoms with van der Waals surface area (Å²) < 4.78 is 10.4. The number of benzene rings is 2. The number of carbonyl (C=O) groups excluding carboxylic acids is 1. The van der Waals surface area contributed by atoms with Crippen LogP contribution in [0.3, 0.4) is 0 Å². The van der Waals surface area contributed by atoms with Gasteiger partial charge in [-0.25, -0.2) is 4.79 Å². The molecule has 4 heteroatoms. The molecule has 0 aliphatic carbocycles. The summed E-state index contributed by atoms with van der Waals surface area (Å²) in [5, 5.41) is 0. The van der Waals surface area contributed by atoms with Gasteiger partial charge in [0.1, 0.15) is 12.4 Å². The number of hydrogen-bond acceptors (Lipinski definition) is 4. The van der Waals surface area contributed by atoms with Crippen molar-refractivity contribution in [3.63, 3.8) is 0 Å². The first-order chi connectivity index (χ1) is 10.7. The fourth-order valence-corrected chi connectivity index (χ4v) is 2.88. The fraction of sp³-hybridized carbons (Fsp3) is 0.167. The van der Waals surface area contributed by atoms with E-state index in [1.54, 1.807) is 18.9 Å². The van der Waals surface area contributed by atoms with Crippen molar-refractivity contribution in [2.75, 3.05) is 20.0 Å². The van der Waals surface area contributed by atoms with Gasteiger partial charge in [0.15, 0.2) is 0 Å². The summed E-state index contributed by atoms with van der Waals surface area (Å²) >= 11 is 1.69. The molecule has 0 bridgehead atoms. The molecule has 0 radical (unpaired) electrons. The Morgan fingerprint density at radius 2 is 1.64 bits per heavy atom. The zero-order chi connectivity index (χ0) is 15.5. The largest absolute Gasteiger partial charge is 0.497 e. The lowest BCUT2D eigenvalue weighted by atomic mass is 9.97. The van der Waals surface area contributed by atoms with Gasteiger partial charge in [0.2, 0.25) is 0 Å². The summed E-state index contributed by atoms with van der Waals surface area (Å²) in [6.45, 7) is 0.318. The molecule has 0 saturated carbocycles. The topological polar surface area (TPSA) is 35.5 Å². The Bertz CT molecular complexity index is 715. The van der Waals surface area contributed by atoms with Crippen LogP contribution in [-0.2, 0) is 9.53 Å². The maximum Gasteiger partial charge on any atom is 0.339 e. The maximum atomic E-state index is 12.1. The van der Waals surface area contributed by atoms with E-state index >= 15 is 0 Å². The van der Waals surface area contributed by atoms with Crippen molar-refractivity contribution in [2.24, 2.45) is 0 Å². The number of cyclic esters (lactones) is 1. The minimum Gasteiger partial charge on any atom is -0.497 e. The highest BCUT2D eigenvalue weighted by atomic mass is 32.2. The number of rotatable bonds is 4. The van der Waals surface area contributed by atoms with E-state index in [9.17, 15) is 4.79 Å². The Morgan fingerprint density at radius 3 is 2.23 bits per heavy atom. The van der Waals surface area contributed by atoms with Crippen LogP contribution in [0.15, 0.2) is 53.4 Å². The first-order valence-corrected chi connectivity index (χ1v) is 8.14. The Labute approximate surface area is 133 Å². The average molecular weight is 312 g/mol. The third kappa shape index (κ3) is 2.74. The van der Waals surface area contributed by atoms with E-state index in [0.29, 0.717) is 12.2 Å². The molecular weight excluding hydrogens is 296 g/mol. The van der Waals surface area contributed by atoms with Gasteiger partial charge in [0.25, 0.3) is 0 Å². The second-order valence-corrected chi connectivity index (χ2v) is 5.77. The van der Waals surface area contributed by atoms with Gasteiger partial charge >= 0.3 is 5.97 Å². The summed E-state index contributed by atoms with van der Waals surface area (Å²) in [5.74, 6) is 0.496. The van der Waals surface area contributed by atoms with Crippen LogP contribution >= 0.6 is 11.8 Å². The molecule has 2 aromatic rings. The van der Waals surface area contributed by atoms with Crippen molar-refractivity contribution in [3.05, 3.63) is 59.7 Å². The number of ether oxygens (including phenoxy) is 2. The van der Waals surface area contributed by atoms with Gasteiger partial charge in [-0.15, -0.1) is 11.8 Å². The van der Waals surface area contributed by atoms with E-state index in [2.05, 4.69) is 12.1 Å². The zero-order valence-corrected chi connectivity index (χ0v) is 13.3. The van der Waals surface area contributed by atoms with Gasteiger partial charge in [-0.2, -0.15) is 0 Å². The number of thioether (sulfide) groups is 1. The van der Waals surface area contributed by atoms with Crippen LogP contribution in [0, 0.1) is 0 Å². The van der Waals surface area contributed by atoms with Crippen LogP contribution in [-0.4, -0.2) is 25.9 Å². The molecular formula is C18H16O3S. The summed E-state index contributed by atoms with van der Waals surface area (Å²) in [6, 6.07) is 15.7. The Morgan fingerprint density at radius 1 is 1.00 bits per heavy atom. The molecule has 0 amide bonds. The first-order valence-electron chi connectivity index (χ1n) is 6.92. The van der Waals surface area contributed by atoms with Gasteiger partial charge < -0.3 is 9.47 Å². The molecule has 1 heterocycles. The minimum absolute atomic E-state index is 0.269. The number of carbonyl (C=O) groups is 1. The molecule has 0 unspecified atom stereocenters. The monoisotopic (exact) mass is 312 g/mol. The zero-order valence-electron chi connectivity index (χ0n) is 12.5. The molecule has 0 N–H and O–H groups in total. The molecule has 0 fully saturated rings. The number of hydrogen-bond donors (Lipinski definition) is 0. The lowest BCUT2D eigenvalue weighted by Gasteiger charge is -2.06. The Kier molecular flexibility index (Phi) is 4.20. The van der Waals surface area contributed by atoms with Crippen molar-refractivity contribution in [1.29, 1.82) is 0 Å². The van der Waals surface area contributed by atoms with E-state index in [0.717, 1.165) is 22.4 Å². The highest BCUT2D eigenvalue weighted by Gasteiger charge is 2.27. The van der Waals surface area contributed by atoms with E-state index in [1.165, 1.54) is 4.90 Å². The van der Waals surface area contributed by atoms with Crippen molar-refractivity contribution >= 4 is 28.9 Å². The number of esters is 1. The molecule has 0 atom stereocenters. The van der Waals surface area contributed by atoms with Crippen LogP contribution in [0.2, 0.25) is 0 Å². The summed E-state index contributed by atoms with van der Waals surface area (Å²) in [6.07, 6.45) is 2.04. The van der Waals surface area contributed by atoms with Crippen LogP contribution in [0.5, 0.6) is 5.75 Å². The van der Waals surface area contributed by atoms with Gasteiger partial charge in [-0.1, -0.05) is 24.3 Å². The van der Waals surface area contributed by atoms with Gasteiger partial charge in [0.05, 0.1) is 12.7 Å². The van der Waals surface area contributed by atoms with Gasteiger partial charge in [-0.05, 0) is 41.6 Å². The van der Waals surface area contributed by atoms with Crippen LogP contribution in [0.1, 0.15) is 11.1 Å². The Hall–Kier alpha value is -2.20. The molecule has 2 aromatic carbocycles. The molecule has 0 saturated heterocycles. The summed E-state index contributed by atoms with van der Waals surface area (Å²) in [5.41, 5.74) is 3.45. The van der Waals surface area contributed by atoms with Gasteiger partial charge in [0, 0.05) is 10.5 Å². The van der Waals surface area contributed by atoms with E-state index in [-0.39, 0.29) is 5.97 Å². The highest BCUT2D eigenvalue weighted by molar-refractivity contribution is 7.98. The lowest BCUT2D eigenvalue weighted by Crippen LogP contribution is -1.98. The smallest absolute Gasteiger partial charge is 0.339 e. The van der Waals surface area contributed by atoms with Gasteiger partial charge in [-0.3, -0.25) is 0 Å². The molecule has 0 aromatic heterocycles. The normalized spacial score (nSPS) is 14.2. The van der Waals surface area contributed by atoms with Crippen molar-refractivity contribution in [3.8, 4) is 5.75 Å². The molecule has 1 aliphatic rings. The lowest BCUT2D eigenvalue weighted by molar-refractivity contribution is -0.133. The second kappa shape index (κ2) is 6.28. The molecule has 3 rings (SSSR count). The standard InChI is InChI=1S/C18H16O3S/c1-20-14-7-3-13(4-8-14)17-16(11-21-18(17)19)12-5-9-15(22-2)10-6-12/h3-10H,11H2,1-2H3. The van der Waals surface area contributed by atoms with Crippen LogP contribution in [0.4, 0.5) is 0 Å². The van der Waals surface area contributed by atoms with Crippen LogP contribution < -0.4 is 4.74 Å². The SMILES string of the molecule is COc1ccc(C2=C(c3ccc(SC)cc3)COC2=O)cc1. The molecule has 3 nitrogen and oxygen atoms in total. The van der Waals surface area contributed by atoms with E-state index in [4.69, 9.17) is 9.47 Å². The summed E-state index contributed by atoms with van der Waals surface area (Å²) in [4.78, 5) is 13.3. The third-order valence-corrected chi connectivity index (χ3v) is 4.41. The first kappa shape index (κ1) is 14.7. The molecule has 112 valence electrons. The van der Waals surface area contributed by atoms with Crippen molar-refractivity contribution in [2.45, 2.75) is 4.90 Å². The summed E-state index contributed by atoms with van der Waals surface area (Å²) in [7, 11) is 1.62. The number of methoxy groups -OCH3 is 1. The Balaban J connectivity index is 2.04. The second-order valence-electron chi connectivity index (χ2n) is 4.89. The maximum absolute atomic E-state index is 12.1. The van der Waals surface area contributed by atoms with Crippen molar-refractivity contribution < 1.29 is 14.3 Å². The molecule has 0 spiro atoms. The predicted octanol–water partition coefficient (Wildman–Crippen LogP) is 3.88. The third-order valence-electron chi connectivity index (χ3n) is 3.67.